The van der Waals surface area contributed by atoms with Gasteiger partial charge in [0.2, 0.25) is 11.8 Å². The van der Waals surface area contributed by atoms with Gasteiger partial charge < -0.3 is 20.9 Å². The zero-order valence-corrected chi connectivity index (χ0v) is 22.0. The van der Waals surface area contributed by atoms with Crippen LogP contribution in [-0.2, 0) is 9.59 Å². The molecule has 1 heterocycles. The number of nitrogens with one attached hydrogen (secondary N) is 3. The van der Waals surface area contributed by atoms with E-state index >= 15 is 0 Å². The molecule has 198 valence electrons. The van der Waals surface area contributed by atoms with E-state index in [2.05, 4.69) is 16.0 Å². The van der Waals surface area contributed by atoms with E-state index in [0.29, 0.717) is 18.0 Å². The molecule has 3 N–H and O–H groups in total. The second kappa shape index (κ2) is 11.2. The van der Waals surface area contributed by atoms with Crippen LogP contribution in [0.3, 0.4) is 0 Å². The summed E-state index contributed by atoms with van der Waals surface area (Å²) in [5.74, 6) is 0.373. The molecule has 0 aromatic heterocycles. The summed E-state index contributed by atoms with van der Waals surface area (Å²) in [7, 11) is 1.76. The number of rotatable bonds is 7. The van der Waals surface area contributed by atoms with Crippen LogP contribution in [-0.4, -0.2) is 60.4 Å². The molecule has 2 saturated carbocycles. The molecule has 3 aliphatic rings. The topological polar surface area (TPSA) is 90.5 Å². The lowest BCUT2D eigenvalue weighted by Crippen LogP contribution is -2.59. The maximum absolute atomic E-state index is 14.1. The quantitative estimate of drug-likeness (QED) is 0.537. The molecule has 7 heteroatoms. The summed E-state index contributed by atoms with van der Waals surface area (Å²) < 4.78 is 0. The monoisotopic (exact) mass is 504 g/mol. The number of likely N-dealkylation sites (tertiary alicyclic amines) is 1. The summed E-state index contributed by atoms with van der Waals surface area (Å²) in [6.45, 7) is 2.51. The Labute approximate surface area is 219 Å². The first-order valence-electron chi connectivity index (χ1n) is 14.0. The molecule has 0 bridgehead atoms. The van der Waals surface area contributed by atoms with Gasteiger partial charge in [0.25, 0.3) is 5.91 Å². The Hall–Kier alpha value is -2.93. The van der Waals surface area contributed by atoms with Gasteiger partial charge in [-0.2, -0.15) is 0 Å². The standard InChI is InChI=1S/C30H40N4O3/c1-19(31-2)28(35)33-26(21-10-4-3-5-11-21)30(37)34-18-17-22-15-16-25(27(22)34)32-29(36)24-14-8-12-20-9-6-7-13-23(20)24/h6-9,12-14,19,21-22,25-27,31H,3-5,10-11,15-18H2,1-2H3,(H,32,36)(H,33,35)/t19-,22+,25?,26-,27-/m0/s1. The Morgan fingerprint density at radius 3 is 2.46 bits per heavy atom. The number of hydrogen-bond donors (Lipinski definition) is 3. The second-order valence-corrected chi connectivity index (χ2v) is 11.1. The third-order valence-electron chi connectivity index (χ3n) is 8.99. The van der Waals surface area contributed by atoms with Crippen molar-refractivity contribution >= 4 is 28.5 Å². The lowest BCUT2D eigenvalue weighted by atomic mass is 9.83. The fourth-order valence-corrected chi connectivity index (χ4v) is 6.83. The average molecular weight is 505 g/mol. The SMILES string of the molecule is CN[C@@H](C)C(=O)N[C@H](C(=O)N1CC[C@H]2CCC(NC(=O)c3cccc4ccccc34)[C@H]21)C1CCCCC1. The number of carbonyl (C=O) groups excluding carboxylic acids is 3. The van der Waals surface area contributed by atoms with Crippen molar-refractivity contribution in [1.29, 1.82) is 0 Å². The molecule has 2 aliphatic carbocycles. The highest BCUT2D eigenvalue weighted by Crippen LogP contribution is 2.39. The molecule has 3 fully saturated rings. The van der Waals surface area contributed by atoms with Crippen LogP contribution in [0.15, 0.2) is 42.5 Å². The fourth-order valence-electron chi connectivity index (χ4n) is 6.83. The van der Waals surface area contributed by atoms with Crippen LogP contribution in [0.2, 0.25) is 0 Å². The first-order chi connectivity index (χ1) is 18.0. The second-order valence-electron chi connectivity index (χ2n) is 11.1. The van der Waals surface area contributed by atoms with E-state index in [1.807, 2.05) is 54.3 Å². The minimum absolute atomic E-state index is 0.0175. The minimum Gasteiger partial charge on any atom is -0.347 e. The highest BCUT2D eigenvalue weighted by Gasteiger charge is 2.48. The molecule has 7 nitrogen and oxygen atoms in total. The van der Waals surface area contributed by atoms with Gasteiger partial charge in [-0.15, -0.1) is 0 Å². The molecule has 5 rings (SSSR count). The van der Waals surface area contributed by atoms with Crippen molar-refractivity contribution in [2.24, 2.45) is 11.8 Å². The van der Waals surface area contributed by atoms with Crippen molar-refractivity contribution in [2.75, 3.05) is 13.6 Å². The largest absolute Gasteiger partial charge is 0.347 e. The maximum Gasteiger partial charge on any atom is 0.252 e. The lowest BCUT2D eigenvalue weighted by molar-refractivity contribution is -0.140. The zero-order chi connectivity index (χ0) is 25.9. The van der Waals surface area contributed by atoms with Crippen LogP contribution in [0.5, 0.6) is 0 Å². The van der Waals surface area contributed by atoms with Gasteiger partial charge >= 0.3 is 0 Å². The van der Waals surface area contributed by atoms with Gasteiger partial charge in [0, 0.05) is 18.2 Å². The predicted octanol–water partition coefficient (Wildman–Crippen LogP) is 3.62. The Kier molecular flexibility index (Phi) is 7.79. The minimum atomic E-state index is -0.502. The Bertz CT molecular complexity index is 1140. The van der Waals surface area contributed by atoms with Gasteiger partial charge in [-0.25, -0.2) is 0 Å². The summed E-state index contributed by atoms with van der Waals surface area (Å²) in [4.78, 5) is 42.4. The van der Waals surface area contributed by atoms with Crippen molar-refractivity contribution in [1.82, 2.24) is 20.9 Å². The van der Waals surface area contributed by atoms with E-state index in [1.54, 1.807) is 7.05 Å². The Morgan fingerprint density at radius 2 is 1.68 bits per heavy atom. The van der Waals surface area contributed by atoms with Gasteiger partial charge in [0.05, 0.1) is 12.1 Å². The van der Waals surface area contributed by atoms with Crippen molar-refractivity contribution in [2.45, 2.75) is 82.5 Å². The molecule has 5 atom stereocenters. The van der Waals surface area contributed by atoms with Gasteiger partial charge in [0.1, 0.15) is 6.04 Å². The van der Waals surface area contributed by atoms with E-state index in [1.165, 1.54) is 6.42 Å². The molecule has 1 unspecified atom stereocenters. The third kappa shape index (κ3) is 5.24. The van der Waals surface area contributed by atoms with Crippen molar-refractivity contribution < 1.29 is 14.4 Å². The van der Waals surface area contributed by atoms with Crippen molar-refractivity contribution in [3.8, 4) is 0 Å². The number of nitrogens with zero attached hydrogens (tertiary/aromatic N) is 1. The van der Waals surface area contributed by atoms with E-state index in [9.17, 15) is 14.4 Å². The summed E-state index contributed by atoms with van der Waals surface area (Å²) in [6, 6.07) is 12.8. The molecular weight excluding hydrogens is 464 g/mol. The fraction of sp³-hybridized carbons (Fsp3) is 0.567. The number of hydrogen-bond acceptors (Lipinski definition) is 4. The van der Waals surface area contributed by atoms with Gasteiger partial charge in [-0.1, -0.05) is 55.7 Å². The molecule has 37 heavy (non-hydrogen) atoms. The molecular formula is C30H40N4O3. The predicted molar refractivity (Wildman–Crippen MR) is 145 cm³/mol. The van der Waals surface area contributed by atoms with Crippen LogP contribution < -0.4 is 16.0 Å². The van der Waals surface area contributed by atoms with Crippen LogP contribution in [0, 0.1) is 11.8 Å². The van der Waals surface area contributed by atoms with E-state index < -0.39 is 6.04 Å². The highest BCUT2D eigenvalue weighted by atomic mass is 16.2. The van der Waals surface area contributed by atoms with Gasteiger partial charge in [-0.05, 0) is 74.8 Å². The molecule has 0 radical (unpaired) electrons. The number of fused-ring (bicyclic) bond motifs is 2. The Morgan fingerprint density at radius 1 is 0.919 bits per heavy atom. The van der Waals surface area contributed by atoms with E-state index in [4.69, 9.17) is 0 Å². The summed E-state index contributed by atoms with van der Waals surface area (Å²) in [5.41, 5.74) is 0.672. The number of benzene rings is 2. The van der Waals surface area contributed by atoms with Gasteiger partial charge in [0.15, 0.2) is 0 Å². The smallest absolute Gasteiger partial charge is 0.252 e. The molecule has 1 saturated heterocycles. The lowest BCUT2D eigenvalue weighted by Gasteiger charge is -2.37. The van der Waals surface area contributed by atoms with Gasteiger partial charge in [-0.3, -0.25) is 14.4 Å². The van der Waals surface area contributed by atoms with Crippen LogP contribution in [0.25, 0.3) is 10.8 Å². The summed E-state index contributed by atoms with van der Waals surface area (Å²) in [6.07, 6.45) is 8.15. The number of likely N-dealkylation sites (N-methyl/N-ethyl adjacent to an activating group) is 1. The molecule has 3 amide bonds. The number of carbonyl (C=O) groups is 3. The molecule has 0 spiro atoms. The van der Waals surface area contributed by atoms with E-state index in [-0.39, 0.29) is 41.8 Å². The number of amides is 3. The van der Waals surface area contributed by atoms with E-state index in [0.717, 1.165) is 55.7 Å². The summed E-state index contributed by atoms with van der Waals surface area (Å²) in [5, 5.41) is 11.4. The molecule has 2 aromatic rings. The van der Waals surface area contributed by atoms with Crippen LogP contribution in [0.4, 0.5) is 0 Å². The average Bonchev–Trinajstić information content (AvgIpc) is 3.54. The third-order valence-corrected chi connectivity index (χ3v) is 8.99. The van der Waals surface area contributed by atoms with Crippen molar-refractivity contribution in [3.63, 3.8) is 0 Å². The molecule has 1 aliphatic heterocycles. The van der Waals surface area contributed by atoms with Crippen LogP contribution >= 0.6 is 0 Å². The highest BCUT2D eigenvalue weighted by molar-refractivity contribution is 6.07. The maximum atomic E-state index is 14.1. The first kappa shape index (κ1) is 25.7. The van der Waals surface area contributed by atoms with Crippen LogP contribution in [0.1, 0.15) is 68.6 Å². The Balaban J connectivity index is 1.35. The molecule has 2 aromatic carbocycles. The zero-order valence-electron chi connectivity index (χ0n) is 22.0. The van der Waals surface area contributed by atoms with Crippen molar-refractivity contribution in [3.05, 3.63) is 48.0 Å². The normalized spacial score (nSPS) is 25.5. The first-order valence-corrected chi connectivity index (χ1v) is 14.0. The summed E-state index contributed by atoms with van der Waals surface area (Å²) >= 11 is 0.